The second-order valence-corrected chi connectivity index (χ2v) is 11.5. The van der Waals surface area contributed by atoms with Gasteiger partial charge < -0.3 is 9.64 Å². The Morgan fingerprint density at radius 2 is 1.95 bits per heavy atom. The Morgan fingerprint density at radius 3 is 2.61 bits per heavy atom. The van der Waals surface area contributed by atoms with Crippen LogP contribution in [0.1, 0.15) is 32.9 Å². The molecule has 1 amide bonds. The Hall–Kier alpha value is -3.91. The first-order valence-corrected chi connectivity index (χ1v) is 14.1. The Balaban J connectivity index is 1.44. The van der Waals surface area contributed by atoms with Gasteiger partial charge in [-0.1, -0.05) is 22.7 Å². The maximum atomic E-state index is 13.0. The zero-order valence-corrected chi connectivity index (χ0v) is 22.9. The molecule has 1 unspecified atom stereocenters. The number of benzene rings is 1. The molecule has 4 heterocycles. The summed E-state index contributed by atoms with van der Waals surface area (Å²) in [6, 6.07) is 7.56. The fourth-order valence-corrected chi connectivity index (χ4v) is 5.90. The van der Waals surface area contributed by atoms with Gasteiger partial charge in [-0.3, -0.25) is 9.48 Å². The molecule has 1 saturated heterocycles. The molecule has 0 bridgehead atoms. The average Bonchev–Trinajstić information content (AvgIpc) is 3.60. The summed E-state index contributed by atoms with van der Waals surface area (Å²) in [5.41, 5.74) is 3.93. The molecule has 3 aromatic heterocycles. The Kier molecular flexibility index (Phi) is 6.84. The minimum Gasteiger partial charge on any atom is -0.472 e. The standard InChI is InChI=1S/C24H26N8O4S2/c1-14-6-5-7-15(2)21(14)19-10-20(27-24(26-19)29-38(34,35)18-11-25-31(4)13-18)36-17-8-9-32(12-17)23(33)22-16(3)28-30-37-22/h5-7,10-11,13,17H,8-9,12H2,1-4H3,(H,26,27,29). The van der Waals surface area contributed by atoms with Gasteiger partial charge in [0.2, 0.25) is 11.8 Å². The predicted molar refractivity (Wildman–Crippen MR) is 141 cm³/mol. The summed E-state index contributed by atoms with van der Waals surface area (Å²) in [6.45, 7) is 6.54. The maximum absolute atomic E-state index is 13.0. The lowest BCUT2D eigenvalue weighted by Gasteiger charge is -2.17. The van der Waals surface area contributed by atoms with Crippen molar-refractivity contribution in [2.24, 2.45) is 7.05 Å². The van der Waals surface area contributed by atoms with Crippen LogP contribution in [0.3, 0.4) is 0 Å². The molecule has 14 heteroatoms. The first kappa shape index (κ1) is 25.7. The van der Waals surface area contributed by atoms with Crippen molar-refractivity contribution in [3.05, 3.63) is 58.4 Å². The predicted octanol–water partition coefficient (Wildman–Crippen LogP) is 2.75. The molecule has 38 heavy (non-hydrogen) atoms. The number of carbonyl (C=O) groups excluding carboxylic acids is 1. The Morgan fingerprint density at radius 1 is 1.18 bits per heavy atom. The molecule has 1 fully saturated rings. The summed E-state index contributed by atoms with van der Waals surface area (Å²) in [4.78, 5) is 24.0. The molecule has 198 valence electrons. The lowest BCUT2D eigenvalue weighted by atomic mass is 10.00. The van der Waals surface area contributed by atoms with E-state index in [1.165, 1.54) is 17.1 Å². The van der Waals surface area contributed by atoms with Crippen LogP contribution in [0.25, 0.3) is 11.3 Å². The van der Waals surface area contributed by atoms with Crippen molar-refractivity contribution in [1.82, 2.24) is 34.2 Å². The topological polar surface area (TPSA) is 145 Å². The molecule has 1 N–H and O–H groups in total. The summed E-state index contributed by atoms with van der Waals surface area (Å²) in [7, 11) is -2.35. The highest BCUT2D eigenvalue weighted by Gasteiger charge is 2.31. The van der Waals surface area contributed by atoms with Crippen LogP contribution in [0.5, 0.6) is 5.88 Å². The number of aromatic nitrogens is 6. The first-order chi connectivity index (χ1) is 18.1. The zero-order chi connectivity index (χ0) is 27.0. The number of carbonyl (C=O) groups is 1. The van der Waals surface area contributed by atoms with E-state index in [1.54, 1.807) is 24.9 Å². The largest absolute Gasteiger partial charge is 0.472 e. The average molecular weight is 555 g/mol. The van der Waals surface area contributed by atoms with E-state index in [4.69, 9.17) is 4.74 Å². The number of amides is 1. The number of nitrogens with zero attached hydrogens (tertiary/aromatic N) is 7. The van der Waals surface area contributed by atoms with Gasteiger partial charge in [-0.25, -0.2) is 18.1 Å². The van der Waals surface area contributed by atoms with Gasteiger partial charge in [0.1, 0.15) is 15.9 Å². The maximum Gasteiger partial charge on any atom is 0.267 e. The molecule has 1 aliphatic rings. The summed E-state index contributed by atoms with van der Waals surface area (Å²) in [5.74, 6) is -0.0507. The van der Waals surface area contributed by atoms with Gasteiger partial charge in [-0.15, -0.1) is 5.10 Å². The molecular weight excluding hydrogens is 528 g/mol. The van der Waals surface area contributed by atoms with Crippen LogP contribution < -0.4 is 9.46 Å². The Labute approximate surface area is 223 Å². The number of likely N-dealkylation sites (tertiary alicyclic amines) is 1. The van der Waals surface area contributed by atoms with E-state index in [9.17, 15) is 13.2 Å². The number of ether oxygens (including phenoxy) is 1. The van der Waals surface area contributed by atoms with Crippen molar-refractivity contribution in [1.29, 1.82) is 0 Å². The van der Waals surface area contributed by atoms with Gasteiger partial charge in [-0.2, -0.15) is 10.1 Å². The molecule has 0 aliphatic carbocycles. The summed E-state index contributed by atoms with van der Waals surface area (Å²) < 4.78 is 39.8. The molecule has 5 rings (SSSR count). The number of rotatable bonds is 7. The Bertz CT molecular complexity index is 1590. The third kappa shape index (κ3) is 5.22. The highest BCUT2D eigenvalue weighted by molar-refractivity contribution is 7.92. The van der Waals surface area contributed by atoms with E-state index in [0.717, 1.165) is 28.2 Å². The summed E-state index contributed by atoms with van der Waals surface area (Å²) in [6.07, 6.45) is 2.90. The van der Waals surface area contributed by atoms with Crippen LogP contribution in [-0.4, -0.2) is 67.8 Å². The smallest absolute Gasteiger partial charge is 0.267 e. The second kappa shape index (κ2) is 10.1. The van der Waals surface area contributed by atoms with Gasteiger partial charge in [0.05, 0.1) is 24.1 Å². The fraction of sp³-hybridized carbons (Fsp3) is 0.333. The van der Waals surface area contributed by atoms with Crippen molar-refractivity contribution in [2.45, 2.75) is 38.2 Å². The van der Waals surface area contributed by atoms with Crippen LogP contribution in [0, 0.1) is 20.8 Å². The molecule has 1 aliphatic heterocycles. The molecule has 4 aromatic rings. The monoisotopic (exact) mass is 554 g/mol. The second-order valence-electron chi connectivity index (χ2n) is 9.10. The van der Waals surface area contributed by atoms with Gasteiger partial charge in [0.15, 0.2) is 0 Å². The quantitative estimate of drug-likeness (QED) is 0.364. The van der Waals surface area contributed by atoms with Crippen molar-refractivity contribution >= 4 is 33.4 Å². The van der Waals surface area contributed by atoms with Gasteiger partial charge in [0.25, 0.3) is 15.9 Å². The number of hydrogen-bond acceptors (Lipinski definition) is 10. The van der Waals surface area contributed by atoms with Crippen molar-refractivity contribution in [3.63, 3.8) is 0 Å². The van der Waals surface area contributed by atoms with E-state index in [2.05, 4.69) is 29.4 Å². The molecular formula is C24H26N8O4S2. The lowest BCUT2D eigenvalue weighted by Crippen LogP contribution is -2.31. The van der Waals surface area contributed by atoms with Gasteiger partial charge in [-0.05, 0) is 43.4 Å². The van der Waals surface area contributed by atoms with Crippen LogP contribution in [-0.2, 0) is 17.1 Å². The number of sulfonamides is 1. The van der Waals surface area contributed by atoms with Crippen LogP contribution in [0.4, 0.5) is 5.95 Å². The summed E-state index contributed by atoms with van der Waals surface area (Å²) >= 11 is 1.07. The van der Waals surface area contributed by atoms with Crippen molar-refractivity contribution in [3.8, 4) is 17.1 Å². The fourth-order valence-electron chi connectivity index (χ4n) is 4.35. The number of anilines is 1. The molecule has 0 spiro atoms. The van der Waals surface area contributed by atoms with E-state index < -0.39 is 10.0 Å². The molecule has 0 radical (unpaired) electrons. The van der Waals surface area contributed by atoms with Crippen LogP contribution in [0.2, 0.25) is 0 Å². The number of aryl methyl sites for hydroxylation is 4. The van der Waals surface area contributed by atoms with Gasteiger partial charge in [0, 0.05) is 37.8 Å². The highest BCUT2D eigenvalue weighted by Crippen LogP contribution is 2.30. The molecule has 0 saturated carbocycles. The van der Waals surface area contributed by atoms with E-state index in [-0.39, 0.29) is 28.7 Å². The van der Waals surface area contributed by atoms with E-state index in [0.29, 0.717) is 35.8 Å². The van der Waals surface area contributed by atoms with E-state index in [1.807, 2.05) is 32.0 Å². The third-order valence-corrected chi connectivity index (χ3v) is 8.32. The van der Waals surface area contributed by atoms with Crippen molar-refractivity contribution in [2.75, 3.05) is 17.8 Å². The number of hydrogen-bond donors (Lipinski definition) is 1. The highest BCUT2D eigenvalue weighted by atomic mass is 32.2. The van der Waals surface area contributed by atoms with Crippen LogP contribution >= 0.6 is 11.5 Å². The minimum atomic E-state index is -3.98. The van der Waals surface area contributed by atoms with E-state index >= 15 is 0 Å². The number of nitrogens with one attached hydrogen (secondary N) is 1. The molecule has 12 nitrogen and oxygen atoms in total. The lowest BCUT2D eigenvalue weighted by molar-refractivity contribution is 0.0775. The normalized spacial score (nSPS) is 15.6. The van der Waals surface area contributed by atoms with Crippen molar-refractivity contribution < 1.29 is 17.9 Å². The molecule has 1 aromatic carbocycles. The van der Waals surface area contributed by atoms with Gasteiger partial charge >= 0.3 is 0 Å². The first-order valence-electron chi connectivity index (χ1n) is 11.8. The minimum absolute atomic E-state index is 0.0126. The van der Waals surface area contributed by atoms with Crippen LogP contribution in [0.15, 0.2) is 41.6 Å². The SMILES string of the molecule is Cc1cccc(C)c1-c1cc(OC2CCN(C(=O)c3snnc3C)C2)nc(NS(=O)(=O)c2cnn(C)c2)n1. The zero-order valence-electron chi connectivity index (χ0n) is 21.2. The third-order valence-electron chi connectivity index (χ3n) is 6.22. The molecule has 1 atom stereocenters. The summed E-state index contributed by atoms with van der Waals surface area (Å²) in [5, 5.41) is 7.86.